The van der Waals surface area contributed by atoms with Gasteiger partial charge in [-0.3, -0.25) is 24.6 Å². The van der Waals surface area contributed by atoms with Gasteiger partial charge < -0.3 is 15.0 Å². The van der Waals surface area contributed by atoms with Crippen molar-refractivity contribution in [3.8, 4) is 0 Å². The Labute approximate surface area is 201 Å². The summed E-state index contributed by atoms with van der Waals surface area (Å²) in [5.74, 6) is -1.96. The first-order valence-electron chi connectivity index (χ1n) is 13.9. The minimum Gasteiger partial charge on any atom is -0.381 e. The number of imide groups is 1. The first-order valence-corrected chi connectivity index (χ1v) is 10.9. The molecule has 3 amide bonds. The van der Waals surface area contributed by atoms with Gasteiger partial charge in [0.2, 0.25) is 11.8 Å². The quantitative estimate of drug-likeness (QED) is 0.648. The van der Waals surface area contributed by atoms with Gasteiger partial charge >= 0.3 is 0 Å². The molecule has 0 radical (unpaired) electrons. The number of hydrogen-bond donors (Lipinski definition) is 2. The topological polar surface area (TPSA) is 91.0 Å². The van der Waals surface area contributed by atoms with Gasteiger partial charge in [0.05, 0.1) is 18.7 Å². The van der Waals surface area contributed by atoms with Crippen molar-refractivity contribution in [2.45, 2.75) is 38.4 Å². The van der Waals surface area contributed by atoms with Gasteiger partial charge in [0.1, 0.15) is 6.04 Å². The number of hydrogen-bond acceptors (Lipinski definition) is 6. The number of nitrogens with zero attached hydrogens (tertiary/aromatic N) is 2. The Kier molecular flexibility index (Phi) is 4.40. The molecule has 172 valence electrons. The highest BCUT2D eigenvalue weighted by atomic mass is 16.5. The molecular weight excluding hydrogens is 420 g/mol. The molecule has 1 atom stereocenters. The fraction of sp³-hybridized carbons (Fsp3) is 0.400. The van der Waals surface area contributed by atoms with Gasteiger partial charge in [-0.2, -0.15) is 0 Å². The molecule has 0 saturated carbocycles. The van der Waals surface area contributed by atoms with Crippen molar-refractivity contribution in [3.05, 3.63) is 64.7 Å². The summed E-state index contributed by atoms with van der Waals surface area (Å²) in [5.41, 5.74) is 0.488. The first-order chi connectivity index (χ1) is 18.3. The summed E-state index contributed by atoms with van der Waals surface area (Å²) < 4.78 is 57.3. The van der Waals surface area contributed by atoms with E-state index in [9.17, 15) is 14.4 Å². The molecule has 8 nitrogen and oxygen atoms in total. The third kappa shape index (κ3) is 4.62. The van der Waals surface area contributed by atoms with E-state index in [4.69, 9.17) is 13.0 Å². The summed E-state index contributed by atoms with van der Waals surface area (Å²) in [6.07, 6.45) is -0.0441. The van der Waals surface area contributed by atoms with Gasteiger partial charge in [-0.25, -0.2) is 0 Å². The van der Waals surface area contributed by atoms with Crippen LogP contribution in [0.3, 0.4) is 0 Å². The zero-order valence-electron chi connectivity index (χ0n) is 23.9. The molecule has 3 aliphatic rings. The van der Waals surface area contributed by atoms with Crippen LogP contribution in [0.25, 0.3) is 0 Å². The molecule has 2 N–H and O–H groups in total. The lowest BCUT2D eigenvalue weighted by molar-refractivity contribution is -0.136. The second-order valence-electron chi connectivity index (χ2n) is 8.02. The molecule has 2 aromatic carbocycles. The molecule has 0 spiro atoms. The maximum atomic E-state index is 13.2. The van der Waals surface area contributed by atoms with Gasteiger partial charge in [-0.1, -0.05) is 30.3 Å². The summed E-state index contributed by atoms with van der Waals surface area (Å²) in [5, 5.41) is 4.87. The third-order valence-corrected chi connectivity index (χ3v) is 5.79. The number of nitrogens with one attached hydrogen (secondary N) is 2. The highest BCUT2D eigenvalue weighted by molar-refractivity contribution is 6.06. The first kappa shape index (κ1) is 15.6. The number of rotatable bonds is 6. The fourth-order valence-corrected chi connectivity index (χ4v) is 4.03. The van der Waals surface area contributed by atoms with E-state index in [0.29, 0.717) is 31.9 Å². The van der Waals surface area contributed by atoms with E-state index in [0.717, 1.165) is 4.90 Å². The molecular formula is C25H28N4O4. The van der Waals surface area contributed by atoms with Crippen LogP contribution < -0.4 is 10.6 Å². The average Bonchev–Trinajstić information content (AvgIpc) is 3.10. The van der Waals surface area contributed by atoms with E-state index >= 15 is 0 Å². The van der Waals surface area contributed by atoms with Crippen molar-refractivity contribution in [1.29, 1.82) is 0 Å². The molecule has 2 saturated heterocycles. The number of carbonyl (C=O) groups excluding carboxylic acids is 3. The zero-order chi connectivity index (χ0) is 28.2. The number of amides is 3. The van der Waals surface area contributed by atoms with Crippen molar-refractivity contribution in [1.82, 2.24) is 15.1 Å². The van der Waals surface area contributed by atoms with E-state index in [1.807, 2.05) is 0 Å². The molecule has 0 aromatic heterocycles. The third-order valence-electron chi connectivity index (χ3n) is 5.79. The molecule has 8 heteroatoms. The van der Waals surface area contributed by atoms with E-state index in [1.165, 1.54) is 42.5 Å². The second-order valence-corrected chi connectivity index (χ2v) is 8.02. The molecule has 5 rings (SSSR count). The van der Waals surface area contributed by atoms with Crippen molar-refractivity contribution < 1.29 is 27.3 Å². The van der Waals surface area contributed by atoms with Crippen LogP contribution in [0.5, 0.6) is 0 Å². The zero-order valence-corrected chi connectivity index (χ0v) is 17.9. The second kappa shape index (κ2) is 9.33. The fourth-order valence-electron chi connectivity index (χ4n) is 4.03. The average molecular weight is 455 g/mol. The Balaban J connectivity index is 1.41. The van der Waals surface area contributed by atoms with Gasteiger partial charge in [0.15, 0.2) is 0 Å². The number of ether oxygens (including phenoxy) is 1. The Bertz CT molecular complexity index is 1310. The molecule has 2 aromatic rings. The molecule has 0 bridgehead atoms. The summed E-state index contributed by atoms with van der Waals surface area (Å²) in [4.78, 5) is 39.8. The highest BCUT2D eigenvalue weighted by Crippen LogP contribution is 2.32. The lowest BCUT2D eigenvalue weighted by Crippen LogP contribution is -2.52. The van der Waals surface area contributed by atoms with Crippen LogP contribution in [-0.2, 0) is 33.8 Å². The number of fused-ring (bicyclic) bond motifs is 1. The van der Waals surface area contributed by atoms with Crippen LogP contribution in [0, 0.1) is 0 Å². The minimum atomic E-state index is -2.45. The van der Waals surface area contributed by atoms with Gasteiger partial charge in [0, 0.05) is 58.6 Å². The maximum Gasteiger partial charge on any atom is 0.255 e. The standard InChI is InChI=1S/C25H28N4O4/c30-23-9-8-22(24(31)27-23)29-16-20-19(25(29)32)2-1-3-21(20)26-14-17-4-6-18(7-5-17)15-28-10-12-33-13-11-28/h1-7,22,26H,8-16H2,(H,27,30,31)/i14D2,15D2,16D2. The summed E-state index contributed by atoms with van der Waals surface area (Å²) in [6, 6.07) is 9.18. The predicted octanol–water partition coefficient (Wildman–Crippen LogP) is 1.89. The number of piperidine rings is 1. The van der Waals surface area contributed by atoms with Gasteiger partial charge in [0.25, 0.3) is 5.91 Å². The van der Waals surface area contributed by atoms with Crippen molar-refractivity contribution in [3.63, 3.8) is 0 Å². The molecule has 1 unspecified atom stereocenters. The minimum absolute atomic E-state index is 0.000412. The number of morpholine rings is 1. The van der Waals surface area contributed by atoms with Gasteiger partial charge in [-0.15, -0.1) is 0 Å². The normalized spacial score (nSPS) is 26.2. The van der Waals surface area contributed by atoms with Crippen molar-refractivity contribution in [2.75, 3.05) is 31.6 Å². The monoisotopic (exact) mass is 454 g/mol. The van der Waals surface area contributed by atoms with Crippen molar-refractivity contribution in [2.24, 2.45) is 0 Å². The van der Waals surface area contributed by atoms with Gasteiger partial charge in [-0.05, 0) is 29.7 Å². The Morgan fingerprint density at radius 3 is 2.61 bits per heavy atom. The lowest BCUT2D eigenvalue weighted by Gasteiger charge is -2.29. The van der Waals surface area contributed by atoms with Crippen LogP contribution in [0.2, 0.25) is 0 Å². The van der Waals surface area contributed by atoms with E-state index in [1.54, 1.807) is 4.90 Å². The summed E-state index contributed by atoms with van der Waals surface area (Å²) in [7, 11) is 0. The van der Waals surface area contributed by atoms with Crippen LogP contribution >= 0.6 is 0 Å². The molecule has 3 heterocycles. The largest absolute Gasteiger partial charge is 0.381 e. The number of anilines is 1. The highest BCUT2D eigenvalue weighted by Gasteiger charge is 2.39. The van der Waals surface area contributed by atoms with Crippen molar-refractivity contribution >= 4 is 23.4 Å². The summed E-state index contributed by atoms with van der Waals surface area (Å²) >= 11 is 0. The van der Waals surface area contributed by atoms with E-state index in [2.05, 4.69) is 10.6 Å². The number of benzene rings is 2. The molecule has 0 aliphatic carbocycles. The van der Waals surface area contributed by atoms with Crippen LogP contribution in [0.15, 0.2) is 42.5 Å². The summed E-state index contributed by atoms with van der Waals surface area (Å²) in [6.45, 7) is -4.70. The maximum absolute atomic E-state index is 13.2. The Morgan fingerprint density at radius 2 is 1.85 bits per heavy atom. The predicted molar refractivity (Wildman–Crippen MR) is 122 cm³/mol. The molecule has 3 aliphatic heterocycles. The molecule has 2 fully saturated rings. The lowest BCUT2D eigenvalue weighted by atomic mass is 10.0. The van der Waals surface area contributed by atoms with Crippen LogP contribution in [0.1, 0.15) is 48.1 Å². The van der Waals surface area contributed by atoms with E-state index in [-0.39, 0.29) is 35.2 Å². The number of carbonyl (C=O) groups is 3. The van der Waals surface area contributed by atoms with E-state index < -0.39 is 43.3 Å². The Hall–Kier alpha value is -3.23. The SMILES string of the molecule is [2H]C([2H])(Nc1cccc2c1C([2H])([2H])N(C1CCC(=O)NC1=O)C2=O)c1ccc(C([2H])([2H])N2CCOCC2)cc1. The van der Waals surface area contributed by atoms with Crippen LogP contribution in [-0.4, -0.2) is 59.9 Å². The Morgan fingerprint density at radius 1 is 1.09 bits per heavy atom. The molecule has 33 heavy (non-hydrogen) atoms. The van der Waals surface area contributed by atoms with Crippen LogP contribution in [0.4, 0.5) is 5.69 Å². The smallest absolute Gasteiger partial charge is 0.255 e.